The number of amides is 1. The Morgan fingerprint density at radius 1 is 1.56 bits per heavy atom. The van der Waals surface area contributed by atoms with Gasteiger partial charge in [-0.1, -0.05) is 11.6 Å². The fraction of sp³-hybridized carbons (Fsp3) is 0.444. The number of nitrogens with zero attached hydrogens (tertiary/aromatic N) is 3. The van der Waals surface area contributed by atoms with Crippen molar-refractivity contribution >= 4 is 29.1 Å². The van der Waals surface area contributed by atoms with Crippen LogP contribution >= 0.6 is 11.6 Å². The van der Waals surface area contributed by atoms with Crippen LogP contribution in [0, 0.1) is 0 Å². The highest BCUT2D eigenvalue weighted by Crippen LogP contribution is 2.22. The molecule has 1 amide bonds. The van der Waals surface area contributed by atoms with Crippen LogP contribution in [-0.2, 0) is 4.79 Å². The summed E-state index contributed by atoms with van der Waals surface area (Å²) in [4.78, 5) is 20.5. The SMILES string of the molecule is CN(C)C(=O)CCNc1ncnc(N)c1Cl. The van der Waals surface area contributed by atoms with Gasteiger partial charge in [-0.3, -0.25) is 4.79 Å². The number of nitrogens with one attached hydrogen (secondary N) is 1. The summed E-state index contributed by atoms with van der Waals surface area (Å²) in [5, 5.41) is 3.21. The van der Waals surface area contributed by atoms with E-state index in [9.17, 15) is 4.79 Å². The molecule has 16 heavy (non-hydrogen) atoms. The molecule has 0 bridgehead atoms. The summed E-state index contributed by atoms with van der Waals surface area (Å²) < 4.78 is 0. The van der Waals surface area contributed by atoms with Gasteiger partial charge >= 0.3 is 0 Å². The highest BCUT2D eigenvalue weighted by Gasteiger charge is 2.07. The summed E-state index contributed by atoms with van der Waals surface area (Å²) in [5.74, 6) is 0.699. The predicted octanol–water partition coefficient (Wildman–Crippen LogP) is 0.602. The molecule has 0 saturated heterocycles. The highest BCUT2D eigenvalue weighted by atomic mass is 35.5. The lowest BCUT2D eigenvalue weighted by molar-refractivity contribution is -0.128. The molecule has 88 valence electrons. The van der Waals surface area contributed by atoms with E-state index < -0.39 is 0 Å². The van der Waals surface area contributed by atoms with Crippen LogP contribution in [0.1, 0.15) is 6.42 Å². The molecule has 0 atom stereocenters. The Bertz CT molecular complexity index is 382. The number of rotatable bonds is 4. The zero-order valence-electron chi connectivity index (χ0n) is 9.20. The Hall–Kier alpha value is -1.56. The Balaban J connectivity index is 2.49. The number of anilines is 2. The lowest BCUT2D eigenvalue weighted by Crippen LogP contribution is -2.24. The zero-order chi connectivity index (χ0) is 12.1. The lowest BCUT2D eigenvalue weighted by atomic mass is 10.4. The standard InChI is InChI=1S/C9H14ClN5O/c1-15(2)6(16)3-4-12-9-7(10)8(11)13-5-14-9/h5H,3-4H2,1-2H3,(H3,11,12,13,14). The van der Waals surface area contributed by atoms with Gasteiger partial charge in [0.05, 0.1) is 0 Å². The van der Waals surface area contributed by atoms with E-state index in [0.29, 0.717) is 18.8 Å². The fourth-order valence-electron chi connectivity index (χ4n) is 1.02. The van der Waals surface area contributed by atoms with E-state index in [1.54, 1.807) is 14.1 Å². The number of hydrogen-bond acceptors (Lipinski definition) is 5. The van der Waals surface area contributed by atoms with E-state index in [2.05, 4.69) is 15.3 Å². The second kappa shape index (κ2) is 5.50. The number of carbonyl (C=O) groups is 1. The molecule has 6 nitrogen and oxygen atoms in total. The molecule has 7 heteroatoms. The Morgan fingerprint density at radius 2 is 2.25 bits per heavy atom. The van der Waals surface area contributed by atoms with Crippen LogP contribution in [-0.4, -0.2) is 41.4 Å². The van der Waals surface area contributed by atoms with Gasteiger partial charge < -0.3 is 16.0 Å². The molecule has 0 aliphatic carbocycles. The van der Waals surface area contributed by atoms with Crippen LogP contribution in [0.2, 0.25) is 5.02 Å². The van der Waals surface area contributed by atoms with Gasteiger partial charge in [-0.2, -0.15) is 0 Å². The molecule has 1 rings (SSSR count). The summed E-state index contributed by atoms with van der Waals surface area (Å²) in [5.41, 5.74) is 5.50. The van der Waals surface area contributed by atoms with Crippen molar-refractivity contribution in [2.75, 3.05) is 31.7 Å². The minimum Gasteiger partial charge on any atom is -0.382 e. The first-order chi connectivity index (χ1) is 7.52. The van der Waals surface area contributed by atoms with E-state index in [-0.39, 0.29) is 16.7 Å². The first-order valence-electron chi connectivity index (χ1n) is 4.72. The van der Waals surface area contributed by atoms with Crippen molar-refractivity contribution in [1.82, 2.24) is 14.9 Å². The summed E-state index contributed by atoms with van der Waals surface area (Å²) in [7, 11) is 3.41. The van der Waals surface area contributed by atoms with Crippen molar-refractivity contribution in [3.05, 3.63) is 11.3 Å². The smallest absolute Gasteiger partial charge is 0.223 e. The molecule has 0 aromatic carbocycles. The molecule has 0 saturated carbocycles. The van der Waals surface area contributed by atoms with Crippen molar-refractivity contribution in [2.45, 2.75) is 6.42 Å². The van der Waals surface area contributed by atoms with Gasteiger partial charge in [0, 0.05) is 27.1 Å². The molecular weight excluding hydrogens is 230 g/mol. The third kappa shape index (κ3) is 3.23. The van der Waals surface area contributed by atoms with Crippen LogP contribution in [0.5, 0.6) is 0 Å². The van der Waals surface area contributed by atoms with Gasteiger partial charge in [0.2, 0.25) is 5.91 Å². The quantitative estimate of drug-likeness (QED) is 0.809. The molecule has 0 fully saturated rings. The third-order valence-electron chi connectivity index (χ3n) is 1.95. The summed E-state index contributed by atoms with van der Waals surface area (Å²) >= 11 is 5.86. The number of hydrogen-bond donors (Lipinski definition) is 2. The van der Waals surface area contributed by atoms with Gasteiger partial charge in [0.25, 0.3) is 0 Å². The Kier molecular flexibility index (Phi) is 4.30. The monoisotopic (exact) mass is 243 g/mol. The molecule has 0 aliphatic rings. The molecule has 1 aromatic heterocycles. The van der Waals surface area contributed by atoms with Crippen molar-refractivity contribution in [3.8, 4) is 0 Å². The number of halogens is 1. The van der Waals surface area contributed by atoms with Crippen molar-refractivity contribution in [3.63, 3.8) is 0 Å². The maximum atomic E-state index is 11.3. The minimum atomic E-state index is 0.0330. The van der Waals surface area contributed by atoms with Gasteiger partial charge in [-0.15, -0.1) is 0 Å². The topological polar surface area (TPSA) is 84.1 Å². The zero-order valence-corrected chi connectivity index (χ0v) is 9.95. The predicted molar refractivity (Wildman–Crippen MR) is 63.3 cm³/mol. The second-order valence-electron chi connectivity index (χ2n) is 3.39. The Labute approximate surface area is 98.8 Å². The molecule has 0 aliphatic heterocycles. The largest absolute Gasteiger partial charge is 0.382 e. The third-order valence-corrected chi connectivity index (χ3v) is 2.32. The second-order valence-corrected chi connectivity index (χ2v) is 3.76. The van der Waals surface area contributed by atoms with Crippen LogP contribution in [0.25, 0.3) is 0 Å². The highest BCUT2D eigenvalue weighted by molar-refractivity contribution is 6.35. The molecule has 1 heterocycles. The average Bonchev–Trinajstić information content (AvgIpc) is 2.24. The van der Waals surface area contributed by atoms with Gasteiger partial charge in [-0.25, -0.2) is 9.97 Å². The van der Waals surface area contributed by atoms with Crippen molar-refractivity contribution < 1.29 is 4.79 Å². The number of carbonyl (C=O) groups excluding carboxylic acids is 1. The fourth-order valence-corrected chi connectivity index (χ4v) is 1.18. The molecule has 0 unspecified atom stereocenters. The van der Waals surface area contributed by atoms with Crippen LogP contribution in [0.4, 0.5) is 11.6 Å². The number of nitrogens with two attached hydrogens (primary N) is 1. The number of aromatic nitrogens is 2. The van der Waals surface area contributed by atoms with Crippen LogP contribution in [0.3, 0.4) is 0 Å². The van der Waals surface area contributed by atoms with Gasteiger partial charge in [-0.05, 0) is 0 Å². The van der Waals surface area contributed by atoms with E-state index in [1.807, 2.05) is 0 Å². The summed E-state index contributed by atoms with van der Waals surface area (Å²) in [6, 6.07) is 0. The molecule has 0 spiro atoms. The first-order valence-corrected chi connectivity index (χ1v) is 5.10. The van der Waals surface area contributed by atoms with Crippen molar-refractivity contribution in [1.29, 1.82) is 0 Å². The van der Waals surface area contributed by atoms with Crippen LogP contribution < -0.4 is 11.1 Å². The van der Waals surface area contributed by atoms with Gasteiger partial charge in [0.15, 0.2) is 0 Å². The maximum absolute atomic E-state index is 11.3. The minimum absolute atomic E-state index is 0.0330. The molecule has 0 radical (unpaired) electrons. The molecule has 1 aromatic rings. The lowest BCUT2D eigenvalue weighted by Gasteiger charge is -2.11. The van der Waals surface area contributed by atoms with E-state index in [1.165, 1.54) is 11.2 Å². The van der Waals surface area contributed by atoms with E-state index >= 15 is 0 Å². The van der Waals surface area contributed by atoms with E-state index in [0.717, 1.165) is 0 Å². The average molecular weight is 244 g/mol. The summed E-state index contributed by atoms with van der Waals surface area (Å²) in [6.45, 7) is 0.452. The van der Waals surface area contributed by atoms with Crippen molar-refractivity contribution in [2.24, 2.45) is 0 Å². The molecular formula is C9H14ClN5O. The normalized spacial score (nSPS) is 9.94. The molecule has 3 N–H and O–H groups in total. The van der Waals surface area contributed by atoms with E-state index in [4.69, 9.17) is 17.3 Å². The van der Waals surface area contributed by atoms with Gasteiger partial charge in [0.1, 0.15) is 23.0 Å². The first kappa shape index (κ1) is 12.5. The maximum Gasteiger partial charge on any atom is 0.223 e. The summed E-state index contributed by atoms with van der Waals surface area (Å²) in [6.07, 6.45) is 1.69. The Morgan fingerprint density at radius 3 is 2.88 bits per heavy atom. The van der Waals surface area contributed by atoms with Crippen LogP contribution in [0.15, 0.2) is 6.33 Å². The number of nitrogen functional groups attached to an aromatic ring is 1.